The second-order valence-corrected chi connectivity index (χ2v) is 6.66. The molecule has 1 fully saturated rings. The van der Waals surface area contributed by atoms with Crippen molar-refractivity contribution in [3.63, 3.8) is 0 Å². The minimum Gasteiger partial charge on any atom is -0.348 e. The Morgan fingerprint density at radius 3 is 2.76 bits per heavy atom. The monoisotopic (exact) mass is 338 g/mol. The minimum absolute atomic E-state index is 0.113. The second-order valence-electron chi connectivity index (χ2n) is 6.66. The first kappa shape index (κ1) is 17.4. The van der Waals surface area contributed by atoms with Gasteiger partial charge in [-0.05, 0) is 43.4 Å². The SMILES string of the molecule is CCc1cccc(C)c1Nc1nccc(C(=O)NC2CCCCC2)n1. The molecule has 0 bridgehead atoms. The first-order valence-corrected chi connectivity index (χ1v) is 9.17. The Bertz CT molecular complexity index is 738. The summed E-state index contributed by atoms with van der Waals surface area (Å²) < 4.78 is 0. The van der Waals surface area contributed by atoms with Gasteiger partial charge < -0.3 is 10.6 Å². The molecule has 2 aromatic rings. The Morgan fingerprint density at radius 1 is 1.20 bits per heavy atom. The zero-order valence-electron chi connectivity index (χ0n) is 15.0. The van der Waals surface area contributed by atoms with E-state index in [0.29, 0.717) is 11.6 Å². The number of amides is 1. The van der Waals surface area contributed by atoms with Crippen molar-refractivity contribution in [2.24, 2.45) is 0 Å². The van der Waals surface area contributed by atoms with Crippen molar-refractivity contribution in [2.45, 2.75) is 58.4 Å². The van der Waals surface area contributed by atoms with Gasteiger partial charge in [-0.3, -0.25) is 4.79 Å². The Labute approximate surface area is 149 Å². The smallest absolute Gasteiger partial charge is 0.270 e. The maximum atomic E-state index is 12.5. The number of nitrogens with zero attached hydrogens (tertiary/aromatic N) is 2. The van der Waals surface area contributed by atoms with Gasteiger partial charge in [-0.1, -0.05) is 44.4 Å². The molecule has 1 aromatic heterocycles. The standard InChI is InChI=1S/C20H26N4O/c1-3-15-9-7-8-14(2)18(15)24-20-21-13-12-17(23-20)19(25)22-16-10-5-4-6-11-16/h7-9,12-13,16H,3-6,10-11H2,1-2H3,(H,22,25)(H,21,23,24). The van der Waals surface area contributed by atoms with Gasteiger partial charge >= 0.3 is 0 Å². The van der Waals surface area contributed by atoms with Gasteiger partial charge in [-0.25, -0.2) is 9.97 Å². The fourth-order valence-electron chi connectivity index (χ4n) is 3.37. The van der Waals surface area contributed by atoms with Crippen LogP contribution >= 0.6 is 0 Å². The van der Waals surface area contributed by atoms with Crippen molar-refractivity contribution < 1.29 is 4.79 Å². The molecule has 1 aromatic carbocycles. The molecule has 5 nitrogen and oxygen atoms in total. The van der Waals surface area contributed by atoms with E-state index in [0.717, 1.165) is 30.5 Å². The maximum Gasteiger partial charge on any atom is 0.270 e. The zero-order chi connectivity index (χ0) is 17.6. The number of aryl methyl sites for hydroxylation is 2. The number of aromatic nitrogens is 2. The first-order valence-electron chi connectivity index (χ1n) is 9.17. The van der Waals surface area contributed by atoms with E-state index in [1.54, 1.807) is 12.3 Å². The van der Waals surface area contributed by atoms with Crippen LogP contribution in [0.5, 0.6) is 0 Å². The third-order valence-corrected chi connectivity index (χ3v) is 4.81. The molecule has 1 saturated carbocycles. The predicted molar refractivity (Wildman–Crippen MR) is 100 cm³/mol. The fourth-order valence-corrected chi connectivity index (χ4v) is 3.37. The van der Waals surface area contributed by atoms with Gasteiger partial charge in [-0.2, -0.15) is 0 Å². The van der Waals surface area contributed by atoms with Gasteiger partial charge in [0.05, 0.1) is 0 Å². The van der Waals surface area contributed by atoms with Crippen molar-refractivity contribution in [3.05, 3.63) is 47.3 Å². The summed E-state index contributed by atoms with van der Waals surface area (Å²) in [5, 5.41) is 6.39. The number of nitrogens with one attached hydrogen (secondary N) is 2. The van der Waals surface area contributed by atoms with Crippen molar-refractivity contribution in [3.8, 4) is 0 Å². The Morgan fingerprint density at radius 2 is 2.00 bits per heavy atom. The molecule has 3 rings (SSSR count). The number of anilines is 2. The average molecular weight is 338 g/mol. The van der Waals surface area contributed by atoms with E-state index in [1.807, 2.05) is 6.07 Å². The molecule has 1 aliphatic carbocycles. The first-order chi connectivity index (χ1) is 12.2. The lowest BCUT2D eigenvalue weighted by Crippen LogP contribution is -2.36. The lowest BCUT2D eigenvalue weighted by molar-refractivity contribution is 0.0922. The Hall–Kier alpha value is -2.43. The van der Waals surface area contributed by atoms with Crippen molar-refractivity contribution in [1.82, 2.24) is 15.3 Å². The maximum absolute atomic E-state index is 12.5. The van der Waals surface area contributed by atoms with Crippen LogP contribution in [0.2, 0.25) is 0 Å². The highest BCUT2D eigenvalue weighted by Gasteiger charge is 2.18. The minimum atomic E-state index is -0.113. The molecular formula is C20H26N4O. The number of carbonyl (C=O) groups excluding carboxylic acids is 1. The molecule has 5 heteroatoms. The molecule has 0 radical (unpaired) electrons. The summed E-state index contributed by atoms with van der Waals surface area (Å²) >= 11 is 0. The summed E-state index contributed by atoms with van der Waals surface area (Å²) in [5.74, 6) is 0.346. The summed E-state index contributed by atoms with van der Waals surface area (Å²) in [5.41, 5.74) is 3.78. The molecule has 0 unspecified atom stereocenters. The number of hydrogen-bond acceptors (Lipinski definition) is 4. The molecule has 0 saturated heterocycles. The van der Waals surface area contributed by atoms with Gasteiger partial charge in [0.1, 0.15) is 5.69 Å². The van der Waals surface area contributed by atoms with Crippen molar-refractivity contribution in [2.75, 3.05) is 5.32 Å². The summed E-state index contributed by atoms with van der Waals surface area (Å²) in [7, 11) is 0. The lowest BCUT2D eigenvalue weighted by Gasteiger charge is -2.22. The molecule has 0 spiro atoms. The normalized spacial score (nSPS) is 15.0. The van der Waals surface area contributed by atoms with Gasteiger partial charge in [0.15, 0.2) is 0 Å². The lowest BCUT2D eigenvalue weighted by atomic mass is 9.95. The number of para-hydroxylation sites is 1. The highest BCUT2D eigenvalue weighted by atomic mass is 16.1. The van der Waals surface area contributed by atoms with Gasteiger partial charge in [0.25, 0.3) is 5.91 Å². The predicted octanol–water partition coefficient (Wildman–Crippen LogP) is 4.15. The van der Waals surface area contributed by atoms with Crippen LogP contribution in [0.15, 0.2) is 30.5 Å². The molecule has 0 aliphatic heterocycles. The molecule has 1 heterocycles. The van der Waals surface area contributed by atoms with Crippen LogP contribution < -0.4 is 10.6 Å². The van der Waals surface area contributed by atoms with E-state index in [9.17, 15) is 4.79 Å². The van der Waals surface area contributed by atoms with Crippen LogP contribution in [0.3, 0.4) is 0 Å². The topological polar surface area (TPSA) is 66.9 Å². The molecular weight excluding hydrogens is 312 g/mol. The van der Waals surface area contributed by atoms with E-state index in [4.69, 9.17) is 0 Å². The third-order valence-electron chi connectivity index (χ3n) is 4.81. The Kier molecular flexibility index (Phi) is 5.64. The fraction of sp³-hybridized carbons (Fsp3) is 0.450. The average Bonchev–Trinajstić information content (AvgIpc) is 2.64. The summed E-state index contributed by atoms with van der Waals surface area (Å²) in [6.45, 7) is 4.18. The molecule has 25 heavy (non-hydrogen) atoms. The molecule has 0 atom stereocenters. The molecule has 2 N–H and O–H groups in total. The van der Waals surface area contributed by atoms with E-state index in [-0.39, 0.29) is 11.9 Å². The van der Waals surface area contributed by atoms with Crippen molar-refractivity contribution in [1.29, 1.82) is 0 Å². The number of carbonyl (C=O) groups is 1. The van der Waals surface area contributed by atoms with E-state index in [2.05, 4.69) is 46.6 Å². The van der Waals surface area contributed by atoms with Gasteiger partial charge in [0, 0.05) is 17.9 Å². The second kappa shape index (κ2) is 8.10. The van der Waals surface area contributed by atoms with E-state index >= 15 is 0 Å². The number of hydrogen-bond donors (Lipinski definition) is 2. The van der Waals surface area contributed by atoms with Crippen molar-refractivity contribution >= 4 is 17.5 Å². The highest BCUT2D eigenvalue weighted by Crippen LogP contribution is 2.24. The van der Waals surface area contributed by atoms with Crippen LogP contribution in [0, 0.1) is 6.92 Å². The molecule has 132 valence electrons. The summed E-state index contributed by atoms with van der Waals surface area (Å²) in [6.07, 6.45) is 8.32. The van der Waals surface area contributed by atoms with E-state index in [1.165, 1.54) is 24.8 Å². The van der Waals surface area contributed by atoms with Gasteiger partial charge in [0.2, 0.25) is 5.95 Å². The van der Waals surface area contributed by atoms with E-state index < -0.39 is 0 Å². The number of rotatable bonds is 5. The van der Waals surface area contributed by atoms with Crippen LogP contribution in [-0.2, 0) is 6.42 Å². The van der Waals surface area contributed by atoms with Gasteiger partial charge in [-0.15, -0.1) is 0 Å². The van der Waals surface area contributed by atoms with Crippen LogP contribution in [0.4, 0.5) is 11.6 Å². The zero-order valence-corrected chi connectivity index (χ0v) is 15.0. The summed E-state index contributed by atoms with van der Waals surface area (Å²) in [4.78, 5) is 21.2. The van der Waals surface area contributed by atoms with Crippen LogP contribution in [0.1, 0.15) is 60.6 Å². The van der Waals surface area contributed by atoms with Crippen LogP contribution in [0.25, 0.3) is 0 Å². The molecule has 1 amide bonds. The highest BCUT2D eigenvalue weighted by molar-refractivity contribution is 5.92. The number of benzene rings is 1. The Balaban J connectivity index is 1.74. The van der Waals surface area contributed by atoms with Crippen LogP contribution in [-0.4, -0.2) is 21.9 Å². The third kappa shape index (κ3) is 4.35. The quantitative estimate of drug-likeness (QED) is 0.859. The largest absolute Gasteiger partial charge is 0.348 e. The summed E-state index contributed by atoms with van der Waals surface area (Å²) in [6, 6.07) is 8.14. The molecule has 1 aliphatic rings.